The molecule has 0 aromatic heterocycles. The summed E-state index contributed by atoms with van der Waals surface area (Å²) in [6.45, 7) is 7.60. The van der Waals surface area contributed by atoms with Crippen LogP contribution in [-0.2, 0) is 16.0 Å². The van der Waals surface area contributed by atoms with Crippen LogP contribution in [0, 0.1) is 12.7 Å². The quantitative estimate of drug-likeness (QED) is 0.605. The summed E-state index contributed by atoms with van der Waals surface area (Å²) in [4.78, 5) is 12.1. The van der Waals surface area contributed by atoms with Gasteiger partial charge in [-0.1, -0.05) is 23.2 Å². The molecule has 1 amide bonds. The number of rotatable bonds is 6. The second-order valence-corrected chi connectivity index (χ2v) is 8.03. The van der Waals surface area contributed by atoms with Gasteiger partial charge in [0.25, 0.3) is 0 Å². The maximum Gasteiger partial charge on any atom is 0.226 e. The Morgan fingerprint density at radius 2 is 1.89 bits per heavy atom. The first-order valence-corrected chi connectivity index (χ1v) is 9.22. The first-order valence-electron chi connectivity index (χ1n) is 8.47. The number of amides is 1. The van der Waals surface area contributed by atoms with Crippen LogP contribution in [0.5, 0.6) is 0 Å². The van der Waals surface area contributed by atoms with Gasteiger partial charge in [-0.05, 0) is 69.2 Å². The molecule has 2 N–H and O–H groups in total. The fourth-order valence-corrected chi connectivity index (χ4v) is 3.00. The van der Waals surface area contributed by atoms with Crippen LogP contribution >= 0.6 is 23.2 Å². The van der Waals surface area contributed by atoms with Crippen LogP contribution in [-0.4, -0.2) is 18.2 Å². The van der Waals surface area contributed by atoms with E-state index in [-0.39, 0.29) is 30.2 Å². The molecule has 27 heavy (non-hydrogen) atoms. The van der Waals surface area contributed by atoms with Gasteiger partial charge in [-0.25, -0.2) is 4.39 Å². The van der Waals surface area contributed by atoms with Crippen molar-refractivity contribution in [2.45, 2.75) is 39.7 Å². The highest BCUT2D eigenvalue weighted by Crippen LogP contribution is 2.32. The zero-order valence-corrected chi connectivity index (χ0v) is 17.3. The van der Waals surface area contributed by atoms with Gasteiger partial charge in [-0.3, -0.25) is 4.79 Å². The molecule has 2 aromatic rings. The number of hydrogen-bond acceptors (Lipinski definition) is 3. The molecule has 0 unspecified atom stereocenters. The third kappa shape index (κ3) is 6.69. The topological polar surface area (TPSA) is 50.4 Å². The number of ether oxygens (including phenoxy) is 1. The average molecular weight is 413 g/mol. The number of halogens is 3. The van der Waals surface area contributed by atoms with Gasteiger partial charge in [-0.2, -0.15) is 0 Å². The van der Waals surface area contributed by atoms with Crippen molar-refractivity contribution in [2.75, 3.05) is 12.0 Å². The van der Waals surface area contributed by atoms with Crippen LogP contribution in [0.1, 0.15) is 31.9 Å². The molecule has 0 saturated carbocycles. The Kier molecular flexibility index (Phi) is 7.09. The van der Waals surface area contributed by atoms with Crippen molar-refractivity contribution in [2.24, 2.45) is 0 Å². The maximum atomic E-state index is 14.1. The van der Waals surface area contributed by atoms with E-state index in [2.05, 4.69) is 10.6 Å². The van der Waals surface area contributed by atoms with Crippen LogP contribution in [0.15, 0.2) is 30.3 Å². The summed E-state index contributed by atoms with van der Waals surface area (Å²) in [5, 5.41) is 6.78. The number of carbonyl (C=O) groups excluding carboxylic acids is 1. The molecule has 0 aliphatic carbocycles. The highest BCUT2D eigenvalue weighted by molar-refractivity contribution is 6.36. The van der Waals surface area contributed by atoms with Gasteiger partial charge >= 0.3 is 0 Å². The lowest BCUT2D eigenvalue weighted by Gasteiger charge is -2.19. The molecule has 0 bridgehead atoms. The van der Waals surface area contributed by atoms with E-state index >= 15 is 0 Å². The van der Waals surface area contributed by atoms with Crippen molar-refractivity contribution in [1.29, 1.82) is 0 Å². The minimum Gasteiger partial charge on any atom is -0.356 e. The molecule has 0 atom stereocenters. The SMILES string of the molecule is Cc1cc(Cl)cc(Cl)c1Nc1ccc(F)c(CC(=O)NCOC(C)(C)C)c1. The molecular weight excluding hydrogens is 390 g/mol. The summed E-state index contributed by atoms with van der Waals surface area (Å²) in [5.74, 6) is -0.776. The Morgan fingerprint density at radius 3 is 2.52 bits per heavy atom. The van der Waals surface area contributed by atoms with Crippen LogP contribution in [0.3, 0.4) is 0 Å². The van der Waals surface area contributed by atoms with E-state index < -0.39 is 5.82 Å². The van der Waals surface area contributed by atoms with Crippen molar-refractivity contribution >= 4 is 40.5 Å². The van der Waals surface area contributed by atoms with Crippen LogP contribution in [0.25, 0.3) is 0 Å². The highest BCUT2D eigenvalue weighted by Gasteiger charge is 2.13. The van der Waals surface area contributed by atoms with Crippen molar-refractivity contribution in [1.82, 2.24) is 5.32 Å². The molecule has 0 aliphatic rings. The smallest absolute Gasteiger partial charge is 0.226 e. The predicted molar refractivity (Wildman–Crippen MR) is 108 cm³/mol. The number of anilines is 2. The molecule has 7 heteroatoms. The lowest BCUT2D eigenvalue weighted by Crippen LogP contribution is -2.32. The lowest BCUT2D eigenvalue weighted by molar-refractivity contribution is -0.123. The third-order valence-electron chi connectivity index (χ3n) is 3.69. The van der Waals surface area contributed by atoms with Gasteiger partial charge in [-0.15, -0.1) is 0 Å². The summed E-state index contributed by atoms with van der Waals surface area (Å²) in [7, 11) is 0. The summed E-state index contributed by atoms with van der Waals surface area (Å²) >= 11 is 12.2. The minimum absolute atomic E-state index is 0.0709. The Morgan fingerprint density at radius 1 is 1.19 bits per heavy atom. The van der Waals surface area contributed by atoms with Gasteiger partial charge in [0, 0.05) is 10.7 Å². The lowest BCUT2D eigenvalue weighted by atomic mass is 10.1. The first kappa shape index (κ1) is 21.5. The fraction of sp³-hybridized carbons (Fsp3) is 0.350. The Hall–Kier alpha value is -1.82. The summed E-state index contributed by atoms with van der Waals surface area (Å²) in [6, 6.07) is 7.90. The van der Waals surface area contributed by atoms with Crippen LogP contribution < -0.4 is 10.6 Å². The van der Waals surface area contributed by atoms with Gasteiger partial charge in [0.2, 0.25) is 5.91 Å². The van der Waals surface area contributed by atoms with Crippen molar-refractivity contribution < 1.29 is 13.9 Å². The van der Waals surface area contributed by atoms with Gasteiger partial charge in [0.05, 0.1) is 22.7 Å². The molecule has 0 spiro atoms. The molecular formula is C20H23Cl2FN2O2. The molecule has 2 aromatic carbocycles. The van der Waals surface area contributed by atoms with E-state index in [0.717, 1.165) is 5.56 Å². The normalized spacial score (nSPS) is 11.4. The molecule has 0 heterocycles. The summed E-state index contributed by atoms with van der Waals surface area (Å²) in [5.41, 5.74) is 2.07. The van der Waals surface area contributed by atoms with Gasteiger partial charge < -0.3 is 15.4 Å². The Bertz CT molecular complexity index is 812. The highest BCUT2D eigenvalue weighted by atomic mass is 35.5. The molecule has 0 fully saturated rings. The van der Waals surface area contributed by atoms with E-state index in [9.17, 15) is 9.18 Å². The van der Waals surface area contributed by atoms with Crippen molar-refractivity contribution in [3.63, 3.8) is 0 Å². The first-order chi connectivity index (χ1) is 12.5. The van der Waals surface area contributed by atoms with Crippen molar-refractivity contribution in [3.05, 3.63) is 57.3 Å². The minimum atomic E-state index is -0.452. The molecule has 0 saturated heterocycles. The largest absolute Gasteiger partial charge is 0.356 e. The molecule has 0 aliphatic heterocycles. The monoisotopic (exact) mass is 412 g/mol. The molecule has 146 valence electrons. The number of nitrogens with one attached hydrogen (secondary N) is 2. The van der Waals surface area contributed by atoms with Crippen LogP contribution in [0.2, 0.25) is 10.0 Å². The number of carbonyl (C=O) groups is 1. The maximum absolute atomic E-state index is 14.1. The van der Waals surface area contributed by atoms with Crippen LogP contribution in [0.4, 0.5) is 15.8 Å². The predicted octanol–water partition coefficient (Wildman–Crippen LogP) is 5.62. The standard InChI is InChI=1S/C20H23Cl2FN2O2/c1-12-7-14(21)10-16(22)19(12)25-15-5-6-17(23)13(8-15)9-18(26)24-11-27-20(2,3)4/h5-8,10,25H,9,11H2,1-4H3,(H,24,26). The van der Waals surface area contributed by atoms with E-state index in [1.54, 1.807) is 24.3 Å². The van der Waals surface area contributed by atoms with E-state index in [4.69, 9.17) is 27.9 Å². The van der Waals surface area contributed by atoms with E-state index in [0.29, 0.717) is 21.4 Å². The number of hydrogen-bond donors (Lipinski definition) is 2. The average Bonchev–Trinajstić information content (AvgIpc) is 2.52. The van der Waals surface area contributed by atoms with E-state index in [1.165, 1.54) is 6.07 Å². The second kappa shape index (κ2) is 8.91. The van der Waals surface area contributed by atoms with Gasteiger partial charge in [0.15, 0.2) is 0 Å². The summed E-state index contributed by atoms with van der Waals surface area (Å²) in [6.07, 6.45) is -0.0951. The molecule has 2 rings (SSSR count). The van der Waals surface area contributed by atoms with E-state index in [1.807, 2.05) is 27.7 Å². The Balaban J connectivity index is 2.09. The third-order valence-corrected chi connectivity index (χ3v) is 4.21. The number of benzene rings is 2. The van der Waals surface area contributed by atoms with Gasteiger partial charge in [0.1, 0.15) is 12.5 Å². The van der Waals surface area contributed by atoms with Crippen molar-refractivity contribution in [3.8, 4) is 0 Å². The zero-order chi connectivity index (χ0) is 20.2. The molecule has 0 radical (unpaired) electrons. The second-order valence-electron chi connectivity index (χ2n) is 7.19. The number of aryl methyl sites for hydroxylation is 1. The molecule has 4 nitrogen and oxygen atoms in total. The summed E-state index contributed by atoms with van der Waals surface area (Å²) < 4.78 is 19.6. The Labute approximate surface area is 169 Å². The zero-order valence-electron chi connectivity index (χ0n) is 15.8. The fourth-order valence-electron chi connectivity index (χ4n) is 2.36.